The van der Waals surface area contributed by atoms with Gasteiger partial charge in [-0.3, -0.25) is 4.99 Å². The van der Waals surface area contributed by atoms with E-state index in [-0.39, 0.29) is 24.0 Å². The number of nitrogens with zero attached hydrogens (tertiary/aromatic N) is 1. The quantitative estimate of drug-likeness (QED) is 0.367. The fraction of sp³-hybridized carbons (Fsp3) is 0.316. The lowest BCUT2D eigenvalue weighted by atomic mass is 10.1. The van der Waals surface area contributed by atoms with E-state index in [9.17, 15) is 0 Å². The second-order valence-electron chi connectivity index (χ2n) is 5.52. The highest BCUT2D eigenvalue weighted by Crippen LogP contribution is 2.28. The fourth-order valence-corrected chi connectivity index (χ4v) is 2.49. The molecular weight excluding hydrogens is 445 g/mol. The van der Waals surface area contributed by atoms with Gasteiger partial charge in [-0.1, -0.05) is 17.7 Å². The molecule has 6 nitrogen and oxygen atoms in total. The molecule has 7 heteroatoms. The van der Waals surface area contributed by atoms with Gasteiger partial charge in [-0.25, -0.2) is 0 Å². The van der Waals surface area contributed by atoms with E-state index >= 15 is 0 Å². The molecule has 2 aromatic carbocycles. The lowest BCUT2D eigenvalue weighted by Gasteiger charge is -2.12. The van der Waals surface area contributed by atoms with Gasteiger partial charge in [-0.15, -0.1) is 24.0 Å². The molecule has 0 spiro atoms. The number of aryl methyl sites for hydroxylation is 1. The number of anilines is 1. The van der Waals surface area contributed by atoms with E-state index in [2.05, 4.69) is 23.3 Å². The predicted octanol–water partition coefficient (Wildman–Crippen LogP) is 3.61. The summed E-state index contributed by atoms with van der Waals surface area (Å²) in [5.41, 5.74) is 9.00. The molecule has 2 rings (SSSR count). The van der Waals surface area contributed by atoms with E-state index in [0.29, 0.717) is 29.7 Å². The van der Waals surface area contributed by atoms with Gasteiger partial charge in [0.05, 0.1) is 27.0 Å². The van der Waals surface area contributed by atoms with Crippen molar-refractivity contribution in [2.75, 3.05) is 33.2 Å². The van der Waals surface area contributed by atoms with E-state index in [1.54, 1.807) is 21.3 Å². The van der Waals surface area contributed by atoms with E-state index in [0.717, 1.165) is 17.7 Å². The summed E-state index contributed by atoms with van der Waals surface area (Å²) in [6.45, 7) is 2.60. The van der Waals surface area contributed by atoms with Crippen molar-refractivity contribution in [2.24, 2.45) is 10.7 Å². The van der Waals surface area contributed by atoms with Crippen LogP contribution in [0.3, 0.4) is 0 Å². The van der Waals surface area contributed by atoms with E-state index in [1.807, 2.05) is 30.3 Å². The molecule has 0 fully saturated rings. The highest BCUT2D eigenvalue weighted by atomic mass is 127. The van der Waals surface area contributed by atoms with Crippen molar-refractivity contribution in [1.82, 2.24) is 0 Å². The second kappa shape index (κ2) is 10.7. The Morgan fingerprint density at radius 1 is 1.00 bits per heavy atom. The molecule has 0 saturated heterocycles. The van der Waals surface area contributed by atoms with Gasteiger partial charge in [0.2, 0.25) is 0 Å². The Labute approximate surface area is 171 Å². The number of rotatable bonds is 7. The standard InChI is InChI=1S/C19H25N3O3.HI/c1-13-5-7-17(24-3)14(11-13)9-10-21-19(20)22-16-12-15(23-2)6-8-18(16)25-4;/h5-8,11-12H,9-10H2,1-4H3,(H3,20,21,22);1H. The highest BCUT2D eigenvalue weighted by molar-refractivity contribution is 14.0. The van der Waals surface area contributed by atoms with Crippen LogP contribution >= 0.6 is 24.0 Å². The Kier molecular flexibility index (Phi) is 9.04. The summed E-state index contributed by atoms with van der Waals surface area (Å²) < 4.78 is 15.9. The van der Waals surface area contributed by atoms with Crippen LogP contribution in [0.5, 0.6) is 17.2 Å². The molecule has 0 aliphatic rings. The third-order valence-corrected chi connectivity index (χ3v) is 3.77. The minimum atomic E-state index is 0. The Balaban J connectivity index is 0.00000338. The molecule has 0 saturated carbocycles. The number of benzene rings is 2. The minimum Gasteiger partial charge on any atom is -0.497 e. The summed E-state index contributed by atoms with van der Waals surface area (Å²) in [7, 11) is 4.88. The molecule has 0 radical (unpaired) electrons. The molecule has 0 atom stereocenters. The van der Waals surface area contributed by atoms with Crippen LogP contribution in [-0.4, -0.2) is 33.8 Å². The molecule has 0 unspecified atom stereocenters. The lowest BCUT2D eigenvalue weighted by molar-refractivity contribution is 0.405. The zero-order valence-corrected chi connectivity index (χ0v) is 17.9. The Hall–Kier alpha value is -2.16. The predicted molar refractivity (Wildman–Crippen MR) is 117 cm³/mol. The third kappa shape index (κ3) is 5.98. The summed E-state index contributed by atoms with van der Waals surface area (Å²) in [6, 6.07) is 11.5. The van der Waals surface area contributed by atoms with Crippen LogP contribution in [0.25, 0.3) is 0 Å². The van der Waals surface area contributed by atoms with Crippen LogP contribution in [0.15, 0.2) is 41.4 Å². The topological polar surface area (TPSA) is 78.1 Å². The number of hydrogen-bond acceptors (Lipinski definition) is 4. The molecule has 0 aromatic heterocycles. The number of guanidine groups is 1. The van der Waals surface area contributed by atoms with Crippen molar-refractivity contribution in [3.05, 3.63) is 47.5 Å². The normalized spacial score (nSPS) is 10.7. The van der Waals surface area contributed by atoms with Gasteiger partial charge < -0.3 is 25.3 Å². The van der Waals surface area contributed by atoms with Crippen LogP contribution in [0.1, 0.15) is 11.1 Å². The van der Waals surface area contributed by atoms with Crippen molar-refractivity contribution in [2.45, 2.75) is 13.3 Å². The molecule has 0 aliphatic carbocycles. The number of aliphatic imine (C=N–C) groups is 1. The summed E-state index contributed by atoms with van der Waals surface area (Å²) >= 11 is 0. The largest absolute Gasteiger partial charge is 0.497 e. The average molecular weight is 471 g/mol. The van der Waals surface area contributed by atoms with Crippen LogP contribution in [0, 0.1) is 6.92 Å². The van der Waals surface area contributed by atoms with Gasteiger partial charge in [-0.05, 0) is 37.1 Å². The molecule has 142 valence electrons. The van der Waals surface area contributed by atoms with Crippen molar-refractivity contribution in [1.29, 1.82) is 0 Å². The maximum Gasteiger partial charge on any atom is 0.193 e. The third-order valence-electron chi connectivity index (χ3n) is 3.77. The van der Waals surface area contributed by atoms with Crippen molar-refractivity contribution in [3.63, 3.8) is 0 Å². The fourth-order valence-electron chi connectivity index (χ4n) is 2.49. The molecule has 3 N–H and O–H groups in total. The van der Waals surface area contributed by atoms with Crippen molar-refractivity contribution < 1.29 is 14.2 Å². The number of halogens is 1. The molecule has 26 heavy (non-hydrogen) atoms. The molecule has 0 bridgehead atoms. The van der Waals surface area contributed by atoms with E-state index in [4.69, 9.17) is 19.9 Å². The van der Waals surface area contributed by atoms with Gasteiger partial charge in [0.15, 0.2) is 5.96 Å². The first-order chi connectivity index (χ1) is 12.1. The van der Waals surface area contributed by atoms with Gasteiger partial charge in [0.1, 0.15) is 17.2 Å². The van der Waals surface area contributed by atoms with Crippen LogP contribution in [0.4, 0.5) is 5.69 Å². The number of ether oxygens (including phenoxy) is 3. The van der Waals surface area contributed by atoms with E-state index < -0.39 is 0 Å². The Morgan fingerprint density at radius 2 is 1.69 bits per heavy atom. The Bertz CT molecular complexity index is 751. The first-order valence-corrected chi connectivity index (χ1v) is 8.00. The van der Waals surface area contributed by atoms with Crippen LogP contribution < -0.4 is 25.3 Å². The van der Waals surface area contributed by atoms with Gasteiger partial charge in [0.25, 0.3) is 0 Å². The SMILES string of the molecule is COc1ccc(OC)c(NC(N)=NCCc2cc(C)ccc2OC)c1.I. The van der Waals surface area contributed by atoms with Crippen molar-refractivity contribution >= 4 is 35.6 Å². The molecule has 0 amide bonds. The maximum absolute atomic E-state index is 6.00. The smallest absolute Gasteiger partial charge is 0.193 e. The summed E-state index contributed by atoms with van der Waals surface area (Å²) in [5, 5.41) is 3.05. The van der Waals surface area contributed by atoms with Crippen LogP contribution in [0.2, 0.25) is 0 Å². The van der Waals surface area contributed by atoms with Crippen molar-refractivity contribution in [3.8, 4) is 17.2 Å². The number of nitrogens with one attached hydrogen (secondary N) is 1. The van der Waals surface area contributed by atoms with Gasteiger partial charge >= 0.3 is 0 Å². The zero-order chi connectivity index (χ0) is 18.2. The lowest BCUT2D eigenvalue weighted by Crippen LogP contribution is -2.23. The Morgan fingerprint density at radius 3 is 2.35 bits per heavy atom. The van der Waals surface area contributed by atoms with Crippen LogP contribution in [-0.2, 0) is 6.42 Å². The number of methoxy groups -OCH3 is 3. The number of nitrogens with two attached hydrogens (primary N) is 1. The molecule has 0 aliphatic heterocycles. The molecule has 2 aromatic rings. The first kappa shape index (κ1) is 21.9. The van der Waals surface area contributed by atoms with E-state index in [1.165, 1.54) is 5.56 Å². The summed E-state index contributed by atoms with van der Waals surface area (Å²) in [6.07, 6.45) is 0.739. The van der Waals surface area contributed by atoms with Gasteiger partial charge in [-0.2, -0.15) is 0 Å². The maximum atomic E-state index is 6.00. The molecule has 0 heterocycles. The average Bonchev–Trinajstić information content (AvgIpc) is 2.61. The second-order valence-corrected chi connectivity index (χ2v) is 5.52. The minimum absolute atomic E-state index is 0. The zero-order valence-electron chi connectivity index (χ0n) is 15.5. The van der Waals surface area contributed by atoms with Gasteiger partial charge in [0, 0.05) is 12.6 Å². The monoisotopic (exact) mass is 471 g/mol. The summed E-state index contributed by atoms with van der Waals surface area (Å²) in [5.74, 6) is 2.56. The highest BCUT2D eigenvalue weighted by Gasteiger charge is 2.07. The molecular formula is C19H26IN3O3. The number of hydrogen-bond donors (Lipinski definition) is 2. The summed E-state index contributed by atoms with van der Waals surface area (Å²) in [4.78, 5) is 4.38. The first-order valence-electron chi connectivity index (χ1n) is 8.00.